The van der Waals surface area contributed by atoms with E-state index in [9.17, 15) is 4.79 Å². The van der Waals surface area contributed by atoms with Gasteiger partial charge >= 0.3 is 0 Å². The Hall–Kier alpha value is -1.91. The summed E-state index contributed by atoms with van der Waals surface area (Å²) < 4.78 is 5.41. The normalized spacial score (nSPS) is 10.1. The van der Waals surface area contributed by atoms with Crippen LogP contribution in [-0.4, -0.2) is 19.1 Å². The minimum absolute atomic E-state index is 0.257. The molecule has 0 aromatic heterocycles. The van der Waals surface area contributed by atoms with E-state index in [-0.39, 0.29) is 5.91 Å². The van der Waals surface area contributed by atoms with E-state index in [1.54, 1.807) is 0 Å². The molecule has 0 bridgehead atoms. The third-order valence-corrected chi connectivity index (χ3v) is 2.53. The fourth-order valence-electron chi connectivity index (χ4n) is 1.63. The number of hydrogen-bond acceptors (Lipinski definition) is 4. The molecule has 18 heavy (non-hydrogen) atoms. The molecular formula is C13H21N3O2. The van der Waals surface area contributed by atoms with Crippen LogP contribution in [0.1, 0.15) is 26.2 Å². The lowest BCUT2D eigenvalue weighted by atomic mass is 10.2. The van der Waals surface area contributed by atoms with E-state index in [1.165, 1.54) is 0 Å². The van der Waals surface area contributed by atoms with Crippen LogP contribution in [-0.2, 0) is 4.79 Å². The minimum Gasteiger partial charge on any atom is -0.492 e. The third-order valence-electron chi connectivity index (χ3n) is 2.53. The first-order valence-corrected chi connectivity index (χ1v) is 6.18. The Morgan fingerprint density at radius 2 is 2.17 bits per heavy atom. The number of unbranched alkanes of at least 4 members (excludes halogenated alkanes) is 1. The first-order valence-electron chi connectivity index (χ1n) is 6.18. The van der Waals surface area contributed by atoms with Crippen LogP contribution in [0.25, 0.3) is 0 Å². The maximum Gasteiger partial charge on any atom is 0.217 e. The van der Waals surface area contributed by atoms with Crippen molar-refractivity contribution in [3.63, 3.8) is 0 Å². The molecule has 0 spiro atoms. The molecule has 0 atom stereocenters. The predicted octanol–water partition coefficient (Wildman–Crippen LogP) is 1.73. The van der Waals surface area contributed by atoms with Gasteiger partial charge in [-0.1, -0.05) is 6.07 Å². The number of anilines is 2. The second kappa shape index (κ2) is 7.42. The molecule has 1 rings (SSSR count). The van der Waals surface area contributed by atoms with Gasteiger partial charge < -0.3 is 21.5 Å². The van der Waals surface area contributed by atoms with Crippen LogP contribution in [0.3, 0.4) is 0 Å². The number of benzene rings is 1. The Morgan fingerprint density at radius 3 is 2.83 bits per heavy atom. The predicted molar refractivity (Wildman–Crippen MR) is 73.6 cm³/mol. The second-order valence-electron chi connectivity index (χ2n) is 4.00. The molecule has 0 heterocycles. The number of para-hydroxylation sites is 1. The number of nitrogens with two attached hydrogens (primary N) is 2. The van der Waals surface area contributed by atoms with Gasteiger partial charge in [-0.2, -0.15) is 0 Å². The highest BCUT2D eigenvalue weighted by Crippen LogP contribution is 2.29. The standard InChI is InChI=1S/C13H21N3O2/c1-2-18-11-7-5-6-10(13(11)15)16-9-4-3-8-12(14)17/h5-7,16H,2-4,8-9,15H2,1H3,(H2,14,17). The molecule has 5 N–H and O–H groups in total. The first kappa shape index (κ1) is 14.2. The summed E-state index contributed by atoms with van der Waals surface area (Å²) in [5.41, 5.74) is 12.5. The van der Waals surface area contributed by atoms with Crippen molar-refractivity contribution in [2.75, 3.05) is 24.2 Å². The van der Waals surface area contributed by atoms with E-state index in [0.717, 1.165) is 25.1 Å². The lowest BCUT2D eigenvalue weighted by Gasteiger charge is -2.12. The van der Waals surface area contributed by atoms with E-state index in [1.807, 2.05) is 25.1 Å². The average molecular weight is 251 g/mol. The summed E-state index contributed by atoms with van der Waals surface area (Å²) in [5, 5.41) is 3.23. The van der Waals surface area contributed by atoms with Gasteiger partial charge in [0, 0.05) is 13.0 Å². The molecular weight excluding hydrogens is 230 g/mol. The summed E-state index contributed by atoms with van der Waals surface area (Å²) >= 11 is 0. The summed E-state index contributed by atoms with van der Waals surface area (Å²) in [6.45, 7) is 3.27. The number of carbonyl (C=O) groups excluding carboxylic acids is 1. The largest absolute Gasteiger partial charge is 0.492 e. The van der Waals surface area contributed by atoms with Crippen LogP contribution in [0, 0.1) is 0 Å². The molecule has 1 aromatic carbocycles. The van der Waals surface area contributed by atoms with Crippen molar-refractivity contribution in [3.8, 4) is 5.75 Å². The summed E-state index contributed by atoms with van der Waals surface area (Å²) in [4.78, 5) is 10.6. The quantitative estimate of drug-likeness (QED) is 0.485. The van der Waals surface area contributed by atoms with Crippen LogP contribution in [0.5, 0.6) is 5.75 Å². The molecule has 0 saturated heterocycles. The number of carbonyl (C=O) groups is 1. The van der Waals surface area contributed by atoms with Gasteiger partial charge in [-0.15, -0.1) is 0 Å². The fraction of sp³-hybridized carbons (Fsp3) is 0.462. The van der Waals surface area contributed by atoms with Crippen molar-refractivity contribution in [2.24, 2.45) is 5.73 Å². The van der Waals surface area contributed by atoms with E-state index < -0.39 is 0 Å². The van der Waals surface area contributed by atoms with Crippen LogP contribution < -0.4 is 21.5 Å². The Bertz CT molecular complexity index is 394. The van der Waals surface area contributed by atoms with Gasteiger partial charge in [-0.05, 0) is 31.9 Å². The number of hydrogen-bond donors (Lipinski definition) is 3. The van der Waals surface area contributed by atoms with Gasteiger partial charge in [0.2, 0.25) is 5.91 Å². The van der Waals surface area contributed by atoms with Crippen LogP contribution in [0.15, 0.2) is 18.2 Å². The van der Waals surface area contributed by atoms with Crippen LogP contribution >= 0.6 is 0 Å². The van der Waals surface area contributed by atoms with Crippen molar-refractivity contribution in [1.29, 1.82) is 0 Å². The van der Waals surface area contributed by atoms with Gasteiger partial charge in [0.05, 0.1) is 18.0 Å². The van der Waals surface area contributed by atoms with Crippen LogP contribution in [0.4, 0.5) is 11.4 Å². The molecule has 0 aliphatic rings. The maximum atomic E-state index is 10.6. The van der Waals surface area contributed by atoms with Gasteiger partial charge in [0.25, 0.3) is 0 Å². The van der Waals surface area contributed by atoms with Crippen molar-refractivity contribution in [1.82, 2.24) is 0 Å². The lowest BCUT2D eigenvalue weighted by Crippen LogP contribution is -2.11. The molecule has 0 fully saturated rings. The molecule has 0 aliphatic heterocycles. The molecule has 1 amide bonds. The van der Waals surface area contributed by atoms with E-state index in [0.29, 0.717) is 24.5 Å². The Labute approximate surface area is 107 Å². The van der Waals surface area contributed by atoms with Gasteiger partial charge in [-0.25, -0.2) is 0 Å². The number of nitrogen functional groups attached to an aromatic ring is 1. The van der Waals surface area contributed by atoms with Crippen LogP contribution in [0.2, 0.25) is 0 Å². The van der Waals surface area contributed by atoms with E-state index in [2.05, 4.69) is 5.32 Å². The third kappa shape index (κ3) is 4.53. The van der Waals surface area contributed by atoms with Gasteiger partial charge in [0.15, 0.2) is 0 Å². The monoisotopic (exact) mass is 251 g/mol. The highest BCUT2D eigenvalue weighted by Gasteiger charge is 2.04. The van der Waals surface area contributed by atoms with Gasteiger partial charge in [-0.3, -0.25) is 4.79 Å². The summed E-state index contributed by atoms with van der Waals surface area (Å²) in [7, 11) is 0. The molecule has 100 valence electrons. The van der Waals surface area contributed by atoms with E-state index in [4.69, 9.17) is 16.2 Å². The second-order valence-corrected chi connectivity index (χ2v) is 4.00. The molecule has 1 aromatic rings. The molecule has 5 heteroatoms. The topological polar surface area (TPSA) is 90.4 Å². The molecule has 0 unspecified atom stereocenters. The summed E-state index contributed by atoms with van der Waals surface area (Å²) in [6, 6.07) is 5.65. The van der Waals surface area contributed by atoms with E-state index >= 15 is 0 Å². The van der Waals surface area contributed by atoms with Crippen molar-refractivity contribution >= 4 is 17.3 Å². The Kier molecular flexibility index (Phi) is 5.84. The highest BCUT2D eigenvalue weighted by atomic mass is 16.5. The Morgan fingerprint density at radius 1 is 1.39 bits per heavy atom. The maximum absolute atomic E-state index is 10.6. The SMILES string of the molecule is CCOc1cccc(NCCCCC(N)=O)c1N. The zero-order valence-corrected chi connectivity index (χ0v) is 10.7. The van der Waals surface area contributed by atoms with Gasteiger partial charge in [0.1, 0.15) is 5.75 Å². The molecule has 0 radical (unpaired) electrons. The number of nitrogens with one attached hydrogen (secondary N) is 1. The zero-order chi connectivity index (χ0) is 13.4. The summed E-state index contributed by atoms with van der Waals surface area (Å²) in [6.07, 6.45) is 2.09. The summed E-state index contributed by atoms with van der Waals surface area (Å²) in [5.74, 6) is 0.437. The molecule has 5 nitrogen and oxygen atoms in total. The first-order chi connectivity index (χ1) is 8.65. The average Bonchev–Trinajstić information content (AvgIpc) is 2.33. The van der Waals surface area contributed by atoms with Crippen molar-refractivity contribution < 1.29 is 9.53 Å². The lowest BCUT2D eigenvalue weighted by molar-refractivity contribution is -0.118. The zero-order valence-electron chi connectivity index (χ0n) is 10.7. The smallest absolute Gasteiger partial charge is 0.217 e. The van der Waals surface area contributed by atoms with Crippen molar-refractivity contribution in [3.05, 3.63) is 18.2 Å². The van der Waals surface area contributed by atoms with Crippen molar-refractivity contribution in [2.45, 2.75) is 26.2 Å². The highest BCUT2D eigenvalue weighted by molar-refractivity contribution is 5.74. The fourth-order valence-corrected chi connectivity index (χ4v) is 1.63. The minimum atomic E-state index is -0.257. The Balaban J connectivity index is 2.42. The number of rotatable bonds is 8. The number of primary amides is 1. The molecule has 0 aliphatic carbocycles. The number of ether oxygens (including phenoxy) is 1. The molecule has 0 saturated carbocycles. The number of amides is 1.